The molecule has 0 aliphatic carbocycles. The van der Waals surface area contributed by atoms with Crippen LogP contribution in [0.15, 0.2) is 52.0 Å². The number of hydrogen-bond donors (Lipinski definition) is 2. The molecule has 2 N–H and O–H groups in total. The van der Waals surface area contributed by atoms with Gasteiger partial charge in [0.05, 0.1) is 16.3 Å². The summed E-state index contributed by atoms with van der Waals surface area (Å²) in [4.78, 5) is 23.6. The predicted molar refractivity (Wildman–Crippen MR) is 109 cm³/mol. The van der Waals surface area contributed by atoms with Crippen LogP contribution in [0.1, 0.15) is 24.8 Å². The number of nitrogens with one attached hydrogen (secondary N) is 2. The monoisotopic (exact) mass is 455 g/mol. The molecule has 26 heavy (non-hydrogen) atoms. The third-order valence-electron chi connectivity index (χ3n) is 3.26. The molecule has 0 spiro atoms. The minimum absolute atomic E-state index is 0.143. The highest BCUT2D eigenvalue weighted by Gasteiger charge is 2.05. The highest BCUT2D eigenvalue weighted by Crippen LogP contribution is 2.21. The molecule has 8 heteroatoms. The van der Waals surface area contributed by atoms with Crippen LogP contribution in [0.5, 0.6) is 0 Å². The Morgan fingerprint density at radius 3 is 2.54 bits per heavy atom. The maximum atomic E-state index is 11.9. The second-order valence-corrected chi connectivity index (χ2v) is 7.11. The minimum atomic E-state index is -0.267. The van der Waals surface area contributed by atoms with Gasteiger partial charge in [-0.3, -0.25) is 9.59 Å². The van der Waals surface area contributed by atoms with Gasteiger partial charge in [0.1, 0.15) is 0 Å². The van der Waals surface area contributed by atoms with Gasteiger partial charge in [-0.05, 0) is 42.3 Å². The first-order valence-electron chi connectivity index (χ1n) is 7.76. The Balaban J connectivity index is 1.69. The van der Waals surface area contributed by atoms with E-state index in [4.69, 9.17) is 23.2 Å². The number of carbonyl (C=O) groups excluding carboxylic acids is 2. The zero-order chi connectivity index (χ0) is 18.9. The van der Waals surface area contributed by atoms with E-state index in [1.807, 2.05) is 18.2 Å². The molecule has 0 aliphatic rings. The standard InChI is InChI=1S/C18H16BrCl2N3O2/c19-13-3-1-4-14(10-13)23-17(25)5-2-6-18(26)24-22-11-12-7-8-15(20)16(21)9-12/h1,3-4,7-11H,2,5-6H2,(H,23,25)(H,24,26)/b22-11-. The number of nitrogens with zero attached hydrogens (tertiary/aromatic N) is 1. The average molecular weight is 457 g/mol. The summed E-state index contributed by atoms with van der Waals surface area (Å²) in [6, 6.07) is 12.3. The van der Waals surface area contributed by atoms with Crippen molar-refractivity contribution in [2.45, 2.75) is 19.3 Å². The lowest BCUT2D eigenvalue weighted by Gasteiger charge is -2.05. The number of benzene rings is 2. The van der Waals surface area contributed by atoms with E-state index in [0.717, 1.165) is 4.47 Å². The zero-order valence-corrected chi connectivity index (χ0v) is 16.7. The summed E-state index contributed by atoms with van der Waals surface area (Å²) in [6.45, 7) is 0. The number of anilines is 1. The van der Waals surface area contributed by atoms with Crippen molar-refractivity contribution in [2.75, 3.05) is 5.32 Å². The lowest BCUT2D eigenvalue weighted by molar-refractivity contribution is -0.121. The Morgan fingerprint density at radius 2 is 1.81 bits per heavy atom. The SMILES string of the molecule is O=C(CCCC(=O)Nc1cccc(Br)c1)N/N=C\c1ccc(Cl)c(Cl)c1. The van der Waals surface area contributed by atoms with E-state index in [2.05, 4.69) is 31.8 Å². The first kappa shape index (κ1) is 20.4. The number of hydrazone groups is 1. The Labute approximate surface area is 169 Å². The molecule has 0 unspecified atom stereocenters. The summed E-state index contributed by atoms with van der Waals surface area (Å²) in [5.41, 5.74) is 3.84. The van der Waals surface area contributed by atoms with Crippen LogP contribution in [0.25, 0.3) is 0 Å². The number of halogens is 3. The fourth-order valence-corrected chi connectivity index (χ4v) is 2.73. The van der Waals surface area contributed by atoms with Crippen molar-refractivity contribution >= 4 is 62.8 Å². The van der Waals surface area contributed by atoms with Gasteiger partial charge >= 0.3 is 0 Å². The summed E-state index contributed by atoms with van der Waals surface area (Å²) < 4.78 is 0.884. The highest BCUT2D eigenvalue weighted by atomic mass is 79.9. The molecule has 136 valence electrons. The van der Waals surface area contributed by atoms with Crippen molar-refractivity contribution in [2.24, 2.45) is 5.10 Å². The second kappa shape index (κ2) is 10.3. The molecule has 5 nitrogen and oxygen atoms in total. The topological polar surface area (TPSA) is 70.6 Å². The van der Waals surface area contributed by atoms with E-state index in [9.17, 15) is 9.59 Å². The lowest BCUT2D eigenvalue weighted by Crippen LogP contribution is -2.18. The van der Waals surface area contributed by atoms with E-state index in [-0.39, 0.29) is 24.7 Å². The number of hydrogen-bond acceptors (Lipinski definition) is 3. The number of carbonyl (C=O) groups is 2. The molecule has 0 aromatic heterocycles. The van der Waals surface area contributed by atoms with Crippen LogP contribution in [0.2, 0.25) is 10.0 Å². The van der Waals surface area contributed by atoms with Crippen molar-refractivity contribution in [3.8, 4) is 0 Å². The third kappa shape index (κ3) is 7.15. The molecule has 0 radical (unpaired) electrons. The van der Waals surface area contributed by atoms with Gasteiger partial charge in [0.2, 0.25) is 11.8 Å². The Bertz CT molecular complexity index is 828. The van der Waals surface area contributed by atoms with Gasteiger partial charge in [-0.25, -0.2) is 5.43 Å². The largest absolute Gasteiger partial charge is 0.326 e. The van der Waals surface area contributed by atoms with Crippen LogP contribution in [0.3, 0.4) is 0 Å². The van der Waals surface area contributed by atoms with Crippen molar-refractivity contribution in [3.63, 3.8) is 0 Å². The first-order chi connectivity index (χ1) is 12.4. The van der Waals surface area contributed by atoms with Crippen LogP contribution in [-0.4, -0.2) is 18.0 Å². The maximum absolute atomic E-state index is 11.9. The summed E-state index contributed by atoms with van der Waals surface area (Å²) >= 11 is 15.1. The average Bonchev–Trinajstić information content (AvgIpc) is 2.58. The molecule has 0 saturated heterocycles. The molecule has 0 atom stereocenters. The Kier molecular flexibility index (Phi) is 8.09. The fourth-order valence-electron chi connectivity index (χ4n) is 2.03. The smallest absolute Gasteiger partial charge is 0.240 e. The first-order valence-corrected chi connectivity index (χ1v) is 9.31. The van der Waals surface area contributed by atoms with Gasteiger partial charge in [-0.15, -0.1) is 0 Å². The summed E-state index contributed by atoms with van der Waals surface area (Å²) in [6.07, 6.45) is 2.34. The van der Waals surface area contributed by atoms with Gasteiger partial charge in [0.15, 0.2) is 0 Å². The number of rotatable bonds is 7. The highest BCUT2D eigenvalue weighted by molar-refractivity contribution is 9.10. The van der Waals surface area contributed by atoms with Crippen molar-refractivity contribution in [1.82, 2.24) is 5.43 Å². The molecule has 2 aromatic carbocycles. The van der Waals surface area contributed by atoms with E-state index in [1.54, 1.807) is 24.3 Å². The third-order valence-corrected chi connectivity index (χ3v) is 4.49. The van der Waals surface area contributed by atoms with E-state index in [0.29, 0.717) is 27.7 Å². The van der Waals surface area contributed by atoms with Crippen molar-refractivity contribution in [3.05, 3.63) is 62.5 Å². The van der Waals surface area contributed by atoms with Gasteiger partial charge in [-0.2, -0.15) is 5.10 Å². The van der Waals surface area contributed by atoms with Gasteiger partial charge < -0.3 is 5.32 Å². The van der Waals surface area contributed by atoms with Crippen LogP contribution in [0.4, 0.5) is 5.69 Å². The quantitative estimate of drug-likeness (QED) is 0.453. The summed E-state index contributed by atoms with van der Waals surface area (Å²) in [5, 5.41) is 7.50. The van der Waals surface area contributed by atoms with E-state index >= 15 is 0 Å². The van der Waals surface area contributed by atoms with Crippen molar-refractivity contribution in [1.29, 1.82) is 0 Å². The molecule has 0 aliphatic heterocycles. The molecular formula is C18H16BrCl2N3O2. The van der Waals surface area contributed by atoms with Gasteiger partial charge in [-0.1, -0.05) is 51.3 Å². The minimum Gasteiger partial charge on any atom is -0.326 e. The summed E-state index contributed by atoms with van der Waals surface area (Å²) in [5.74, 6) is -0.410. The Hall–Kier alpha value is -1.89. The molecule has 0 saturated carbocycles. The molecular weight excluding hydrogens is 441 g/mol. The molecule has 0 fully saturated rings. The molecule has 0 heterocycles. The van der Waals surface area contributed by atoms with Gasteiger partial charge in [0.25, 0.3) is 0 Å². The molecule has 2 aromatic rings. The van der Waals surface area contributed by atoms with Crippen molar-refractivity contribution < 1.29 is 9.59 Å². The normalized spacial score (nSPS) is 10.7. The number of amides is 2. The van der Waals surface area contributed by atoms with E-state index < -0.39 is 0 Å². The van der Waals surface area contributed by atoms with Crippen LogP contribution >= 0.6 is 39.1 Å². The Morgan fingerprint density at radius 1 is 1.04 bits per heavy atom. The predicted octanol–water partition coefficient (Wildman–Crippen LogP) is 5.02. The second-order valence-electron chi connectivity index (χ2n) is 5.38. The summed E-state index contributed by atoms with van der Waals surface area (Å²) in [7, 11) is 0. The van der Waals surface area contributed by atoms with Gasteiger partial charge in [0, 0.05) is 23.0 Å². The lowest BCUT2D eigenvalue weighted by atomic mass is 10.2. The fraction of sp³-hybridized carbons (Fsp3) is 0.167. The molecule has 0 bridgehead atoms. The maximum Gasteiger partial charge on any atom is 0.240 e. The van der Waals surface area contributed by atoms with Crippen LogP contribution < -0.4 is 10.7 Å². The molecule has 2 amide bonds. The van der Waals surface area contributed by atoms with Crippen LogP contribution in [0, 0.1) is 0 Å². The molecule has 2 rings (SSSR count). The van der Waals surface area contributed by atoms with Crippen LogP contribution in [-0.2, 0) is 9.59 Å². The van der Waals surface area contributed by atoms with E-state index in [1.165, 1.54) is 6.21 Å². The zero-order valence-electron chi connectivity index (χ0n) is 13.6.